The van der Waals surface area contributed by atoms with Crippen LogP contribution in [0.4, 0.5) is 4.79 Å². The molecule has 0 fully saturated rings. The van der Waals surface area contributed by atoms with E-state index in [0.717, 1.165) is 0 Å². The van der Waals surface area contributed by atoms with Crippen LogP contribution in [0.5, 0.6) is 11.5 Å². The molecule has 0 spiro atoms. The lowest BCUT2D eigenvalue weighted by Crippen LogP contribution is -2.46. The van der Waals surface area contributed by atoms with Gasteiger partial charge in [0.25, 0.3) is 0 Å². The molecule has 2 aliphatic heterocycles. The summed E-state index contributed by atoms with van der Waals surface area (Å²) in [5.74, 6) is 0.505. The Hall–Kier alpha value is -2.41. The van der Waals surface area contributed by atoms with Crippen molar-refractivity contribution in [3.8, 4) is 11.5 Å². The van der Waals surface area contributed by atoms with Gasteiger partial charge in [-0.15, -0.1) is 0 Å². The van der Waals surface area contributed by atoms with Crippen molar-refractivity contribution in [3.05, 3.63) is 34.0 Å². The fourth-order valence-corrected chi connectivity index (χ4v) is 2.86. The van der Waals surface area contributed by atoms with Crippen molar-refractivity contribution in [1.82, 2.24) is 10.2 Å². The van der Waals surface area contributed by atoms with Crippen LogP contribution in [0.15, 0.2) is 23.4 Å². The van der Waals surface area contributed by atoms with E-state index in [1.807, 2.05) is 0 Å². The number of rotatable bonds is 2. The van der Waals surface area contributed by atoms with Gasteiger partial charge in [-0.05, 0) is 13.0 Å². The second-order valence-corrected chi connectivity index (χ2v) is 5.57. The molecule has 1 aromatic rings. The molecule has 8 heteroatoms. The molecular formula is C15H15ClN2O5. The normalized spacial score (nSPS) is 19.7. The minimum atomic E-state index is -0.729. The highest BCUT2D eigenvalue weighted by atomic mass is 35.5. The zero-order valence-electron chi connectivity index (χ0n) is 12.8. The first kappa shape index (κ1) is 15.5. The first-order valence-electron chi connectivity index (χ1n) is 6.86. The summed E-state index contributed by atoms with van der Waals surface area (Å²) >= 11 is 6.31. The Morgan fingerprint density at radius 2 is 2.04 bits per heavy atom. The lowest BCUT2D eigenvalue weighted by molar-refractivity contribution is -0.136. The van der Waals surface area contributed by atoms with Crippen molar-refractivity contribution in [3.63, 3.8) is 0 Å². The molecule has 0 aliphatic carbocycles. The van der Waals surface area contributed by atoms with Crippen LogP contribution >= 0.6 is 11.6 Å². The molecule has 3 rings (SSSR count). The number of hydrogen-bond acceptors (Lipinski definition) is 5. The zero-order chi connectivity index (χ0) is 16.7. The summed E-state index contributed by atoms with van der Waals surface area (Å²) in [6, 6.07) is 2.20. The van der Waals surface area contributed by atoms with Gasteiger partial charge in [-0.2, -0.15) is 0 Å². The number of fused-ring (bicyclic) bond motifs is 1. The number of ether oxygens (including phenoxy) is 3. The molecule has 122 valence electrons. The van der Waals surface area contributed by atoms with Gasteiger partial charge in [0.05, 0.1) is 23.7 Å². The molecule has 2 aliphatic rings. The number of halogens is 1. The van der Waals surface area contributed by atoms with Crippen molar-refractivity contribution in [1.29, 1.82) is 0 Å². The number of nitrogens with one attached hydrogen (secondary N) is 1. The number of amides is 2. The van der Waals surface area contributed by atoms with Gasteiger partial charge in [0, 0.05) is 24.4 Å². The van der Waals surface area contributed by atoms with Gasteiger partial charge in [-0.1, -0.05) is 11.6 Å². The van der Waals surface area contributed by atoms with E-state index in [0.29, 0.717) is 33.4 Å². The van der Waals surface area contributed by atoms with Crippen LogP contribution in [0, 0.1) is 0 Å². The zero-order valence-corrected chi connectivity index (χ0v) is 13.6. The number of methoxy groups -OCH3 is 1. The Balaban J connectivity index is 2.13. The summed E-state index contributed by atoms with van der Waals surface area (Å²) in [4.78, 5) is 25.7. The number of benzene rings is 1. The Morgan fingerprint density at radius 3 is 2.70 bits per heavy atom. The van der Waals surface area contributed by atoms with Crippen molar-refractivity contribution < 1.29 is 23.8 Å². The van der Waals surface area contributed by atoms with Gasteiger partial charge < -0.3 is 24.4 Å². The van der Waals surface area contributed by atoms with E-state index in [2.05, 4.69) is 5.32 Å². The summed E-state index contributed by atoms with van der Waals surface area (Å²) < 4.78 is 15.5. The molecule has 23 heavy (non-hydrogen) atoms. The van der Waals surface area contributed by atoms with Crippen LogP contribution in [0.1, 0.15) is 18.5 Å². The fourth-order valence-electron chi connectivity index (χ4n) is 2.60. The van der Waals surface area contributed by atoms with Crippen molar-refractivity contribution in [2.75, 3.05) is 21.0 Å². The van der Waals surface area contributed by atoms with E-state index in [1.54, 1.807) is 26.1 Å². The lowest BCUT2D eigenvalue weighted by Gasteiger charge is -2.33. The molecule has 0 bridgehead atoms. The molecule has 1 N–H and O–H groups in total. The highest BCUT2D eigenvalue weighted by Crippen LogP contribution is 2.42. The van der Waals surface area contributed by atoms with Gasteiger partial charge in [0.1, 0.15) is 0 Å². The maximum Gasteiger partial charge on any atom is 0.337 e. The molecule has 0 radical (unpaired) electrons. The number of carbonyl (C=O) groups excluding carboxylic acids is 2. The predicted molar refractivity (Wildman–Crippen MR) is 81.3 cm³/mol. The summed E-state index contributed by atoms with van der Waals surface area (Å²) in [5.41, 5.74) is 1.35. The third-order valence-electron chi connectivity index (χ3n) is 3.96. The smallest absolute Gasteiger partial charge is 0.337 e. The average Bonchev–Trinajstić information content (AvgIpc) is 2.98. The van der Waals surface area contributed by atoms with Crippen LogP contribution < -0.4 is 14.8 Å². The maximum atomic E-state index is 12.2. The average molecular weight is 339 g/mol. The minimum absolute atomic E-state index is 0.105. The molecular weight excluding hydrogens is 324 g/mol. The molecule has 2 amide bonds. The Bertz CT molecular complexity index is 731. The second kappa shape index (κ2) is 5.66. The van der Waals surface area contributed by atoms with E-state index in [4.69, 9.17) is 25.8 Å². The lowest BCUT2D eigenvalue weighted by atomic mass is 9.94. The van der Waals surface area contributed by atoms with Crippen LogP contribution in [0.2, 0.25) is 5.02 Å². The standard InChI is InChI=1S/C15H15ClN2O5/c1-7-12(14(19)21-3)13(17-15(20)18(7)2)8-4-10-11(5-9(8)16)23-6-22-10/h4-5,13H,6H2,1-3H3,(H,17,20)/t13-/m1/s1. The van der Waals surface area contributed by atoms with Gasteiger partial charge in [0.15, 0.2) is 11.5 Å². The van der Waals surface area contributed by atoms with Crippen LogP contribution in [-0.4, -0.2) is 37.9 Å². The van der Waals surface area contributed by atoms with E-state index in [9.17, 15) is 9.59 Å². The Morgan fingerprint density at radius 1 is 1.39 bits per heavy atom. The Labute approximate surface area is 137 Å². The monoisotopic (exact) mass is 338 g/mol. The highest BCUT2D eigenvalue weighted by Gasteiger charge is 2.36. The minimum Gasteiger partial charge on any atom is -0.466 e. The van der Waals surface area contributed by atoms with Gasteiger partial charge in [0.2, 0.25) is 6.79 Å². The van der Waals surface area contributed by atoms with Crippen molar-refractivity contribution >= 4 is 23.6 Å². The van der Waals surface area contributed by atoms with Crippen molar-refractivity contribution in [2.45, 2.75) is 13.0 Å². The Kier molecular flexibility index (Phi) is 3.81. The SMILES string of the molecule is COC(=O)C1=C(C)N(C)C(=O)N[C@@H]1c1cc2c(cc1Cl)OCO2. The molecule has 0 aromatic heterocycles. The predicted octanol–water partition coefficient (Wildman–Crippen LogP) is 2.21. The van der Waals surface area contributed by atoms with E-state index in [-0.39, 0.29) is 12.8 Å². The van der Waals surface area contributed by atoms with Crippen LogP contribution in [0.3, 0.4) is 0 Å². The molecule has 2 heterocycles. The van der Waals surface area contributed by atoms with E-state index < -0.39 is 12.0 Å². The number of allylic oxidation sites excluding steroid dienone is 1. The summed E-state index contributed by atoms with van der Waals surface area (Å²) in [7, 11) is 2.86. The van der Waals surface area contributed by atoms with Gasteiger partial charge in [-0.25, -0.2) is 9.59 Å². The van der Waals surface area contributed by atoms with Gasteiger partial charge in [-0.3, -0.25) is 0 Å². The summed E-state index contributed by atoms with van der Waals surface area (Å²) in [5, 5.41) is 3.12. The third-order valence-corrected chi connectivity index (χ3v) is 4.29. The van der Waals surface area contributed by atoms with Crippen LogP contribution in [0.25, 0.3) is 0 Å². The topological polar surface area (TPSA) is 77.1 Å². The molecule has 1 aromatic carbocycles. The van der Waals surface area contributed by atoms with E-state index >= 15 is 0 Å². The van der Waals surface area contributed by atoms with E-state index in [1.165, 1.54) is 12.0 Å². The fraction of sp³-hybridized carbons (Fsp3) is 0.333. The molecule has 1 atom stereocenters. The number of esters is 1. The number of nitrogens with zero attached hydrogens (tertiary/aromatic N) is 1. The van der Waals surface area contributed by atoms with Crippen molar-refractivity contribution in [2.24, 2.45) is 0 Å². The first-order valence-corrected chi connectivity index (χ1v) is 7.24. The third kappa shape index (κ3) is 2.46. The quantitative estimate of drug-likeness (QED) is 0.837. The highest BCUT2D eigenvalue weighted by molar-refractivity contribution is 6.31. The number of carbonyl (C=O) groups is 2. The maximum absolute atomic E-state index is 12.2. The molecule has 0 saturated carbocycles. The first-order chi connectivity index (χ1) is 10.9. The summed E-state index contributed by atoms with van der Waals surface area (Å²) in [6.45, 7) is 1.78. The largest absolute Gasteiger partial charge is 0.466 e. The summed E-state index contributed by atoms with van der Waals surface area (Å²) in [6.07, 6.45) is 0. The molecule has 0 saturated heterocycles. The molecule has 7 nitrogen and oxygen atoms in total. The second-order valence-electron chi connectivity index (χ2n) is 5.16. The number of hydrogen-bond donors (Lipinski definition) is 1. The number of urea groups is 1. The molecule has 0 unspecified atom stereocenters. The van der Waals surface area contributed by atoms with Crippen LogP contribution in [-0.2, 0) is 9.53 Å². The van der Waals surface area contributed by atoms with Gasteiger partial charge >= 0.3 is 12.0 Å².